The zero-order valence-electron chi connectivity index (χ0n) is 10.6. The molecule has 19 heavy (non-hydrogen) atoms. The molecule has 0 saturated heterocycles. The van der Waals surface area contributed by atoms with Crippen LogP contribution in [0.4, 0.5) is 5.69 Å². The molecule has 0 aliphatic carbocycles. The van der Waals surface area contributed by atoms with E-state index in [4.69, 9.17) is 23.2 Å². The molecular formula is C13H13Cl2N3O. The Labute approximate surface area is 121 Å². The fourth-order valence-electron chi connectivity index (χ4n) is 1.82. The van der Waals surface area contributed by atoms with E-state index in [0.29, 0.717) is 15.7 Å². The van der Waals surface area contributed by atoms with Crippen LogP contribution in [0.2, 0.25) is 10.0 Å². The molecule has 1 amide bonds. The van der Waals surface area contributed by atoms with Gasteiger partial charge >= 0.3 is 0 Å². The van der Waals surface area contributed by atoms with Gasteiger partial charge in [0.15, 0.2) is 0 Å². The molecule has 0 fully saturated rings. The third kappa shape index (κ3) is 3.49. The van der Waals surface area contributed by atoms with Gasteiger partial charge in [0.25, 0.3) is 0 Å². The zero-order chi connectivity index (χ0) is 14.0. The minimum absolute atomic E-state index is 0.0936. The van der Waals surface area contributed by atoms with E-state index in [0.717, 1.165) is 11.1 Å². The molecule has 1 aromatic carbocycles. The van der Waals surface area contributed by atoms with Gasteiger partial charge in [-0.3, -0.25) is 9.48 Å². The van der Waals surface area contributed by atoms with Gasteiger partial charge < -0.3 is 5.32 Å². The fourth-order valence-corrected chi connectivity index (χ4v) is 2.35. The van der Waals surface area contributed by atoms with Crippen LogP contribution in [-0.2, 0) is 11.3 Å². The number of hydrogen-bond donors (Lipinski definition) is 1. The second-order valence-electron chi connectivity index (χ2n) is 4.34. The Balaban J connectivity index is 2.11. The highest BCUT2D eigenvalue weighted by atomic mass is 35.5. The topological polar surface area (TPSA) is 46.9 Å². The molecule has 0 atom stereocenters. The molecule has 0 saturated carbocycles. The van der Waals surface area contributed by atoms with Crippen molar-refractivity contribution in [1.29, 1.82) is 0 Å². The number of hydrogen-bond acceptors (Lipinski definition) is 2. The molecule has 0 bridgehead atoms. The van der Waals surface area contributed by atoms with Gasteiger partial charge in [0, 0.05) is 6.20 Å². The quantitative estimate of drug-likeness (QED) is 0.943. The third-order valence-electron chi connectivity index (χ3n) is 2.60. The van der Waals surface area contributed by atoms with E-state index in [1.165, 1.54) is 10.9 Å². The Morgan fingerprint density at radius 1 is 1.37 bits per heavy atom. The number of carbonyl (C=O) groups is 1. The molecule has 1 heterocycles. The van der Waals surface area contributed by atoms with E-state index in [1.54, 1.807) is 6.20 Å². The number of carbonyl (C=O) groups excluding carboxylic acids is 1. The van der Waals surface area contributed by atoms with Crippen LogP contribution < -0.4 is 5.32 Å². The molecule has 1 aromatic heterocycles. The van der Waals surface area contributed by atoms with Crippen molar-refractivity contribution in [3.63, 3.8) is 0 Å². The van der Waals surface area contributed by atoms with Gasteiger partial charge in [-0.2, -0.15) is 5.10 Å². The molecule has 0 radical (unpaired) electrons. The van der Waals surface area contributed by atoms with E-state index in [-0.39, 0.29) is 12.5 Å². The number of halogens is 2. The van der Waals surface area contributed by atoms with E-state index in [1.807, 2.05) is 26.0 Å². The van der Waals surface area contributed by atoms with Crippen molar-refractivity contribution in [2.75, 3.05) is 5.32 Å². The number of rotatable bonds is 3. The Bertz CT molecular complexity index is 599. The lowest BCUT2D eigenvalue weighted by atomic mass is 10.1. The van der Waals surface area contributed by atoms with Gasteiger partial charge in [-0.05, 0) is 31.0 Å². The SMILES string of the molecule is Cc1cc(C)c(NC(=O)Cn2cc(Cl)cn2)c(Cl)c1. The average Bonchev–Trinajstić information content (AvgIpc) is 2.69. The molecule has 4 nitrogen and oxygen atoms in total. The zero-order valence-corrected chi connectivity index (χ0v) is 12.1. The Hall–Kier alpha value is -1.52. The number of aryl methyl sites for hydroxylation is 2. The highest BCUT2D eigenvalue weighted by Crippen LogP contribution is 2.27. The molecule has 100 valence electrons. The van der Waals surface area contributed by atoms with Crippen molar-refractivity contribution in [1.82, 2.24) is 9.78 Å². The first-order chi connectivity index (χ1) is 8.95. The summed E-state index contributed by atoms with van der Waals surface area (Å²) in [5.74, 6) is -0.200. The molecule has 0 unspecified atom stereocenters. The largest absolute Gasteiger partial charge is 0.323 e. The van der Waals surface area contributed by atoms with Crippen molar-refractivity contribution < 1.29 is 4.79 Å². The van der Waals surface area contributed by atoms with Gasteiger partial charge in [0.05, 0.1) is 21.9 Å². The molecule has 0 spiro atoms. The Kier molecular flexibility index (Phi) is 4.12. The summed E-state index contributed by atoms with van der Waals surface area (Å²) in [5.41, 5.74) is 2.62. The number of amides is 1. The lowest BCUT2D eigenvalue weighted by Crippen LogP contribution is -2.19. The molecule has 0 aliphatic heterocycles. The van der Waals surface area contributed by atoms with Crippen LogP contribution in [0, 0.1) is 13.8 Å². The Morgan fingerprint density at radius 2 is 2.11 bits per heavy atom. The van der Waals surface area contributed by atoms with Crippen LogP contribution in [0.25, 0.3) is 0 Å². The van der Waals surface area contributed by atoms with Gasteiger partial charge in [-0.1, -0.05) is 29.3 Å². The van der Waals surface area contributed by atoms with Crippen LogP contribution in [0.3, 0.4) is 0 Å². The van der Waals surface area contributed by atoms with E-state index in [2.05, 4.69) is 10.4 Å². The van der Waals surface area contributed by atoms with Gasteiger partial charge in [0.2, 0.25) is 5.91 Å². The van der Waals surface area contributed by atoms with E-state index >= 15 is 0 Å². The molecule has 6 heteroatoms. The number of nitrogens with one attached hydrogen (secondary N) is 1. The predicted molar refractivity (Wildman–Crippen MR) is 76.8 cm³/mol. The predicted octanol–water partition coefficient (Wildman–Crippen LogP) is 3.45. The smallest absolute Gasteiger partial charge is 0.246 e. The third-order valence-corrected chi connectivity index (χ3v) is 3.10. The van der Waals surface area contributed by atoms with Crippen molar-refractivity contribution >= 4 is 34.8 Å². The normalized spacial score (nSPS) is 10.5. The first-order valence-electron chi connectivity index (χ1n) is 5.70. The maximum absolute atomic E-state index is 11.9. The molecular weight excluding hydrogens is 285 g/mol. The minimum Gasteiger partial charge on any atom is -0.323 e. The maximum atomic E-state index is 11.9. The monoisotopic (exact) mass is 297 g/mol. The molecule has 0 aliphatic rings. The van der Waals surface area contributed by atoms with Crippen molar-refractivity contribution in [2.24, 2.45) is 0 Å². The Morgan fingerprint density at radius 3 is 2.68 bits per heavy atom. The van der Waals surface area contributed by atoms with Crippen molar-refractivity contribution in [2.45, 2.75) is 20.4 Å². The highest BCUT2D eigenvalue weighted by molar-refractivity contribution is 6.34. The second-order valence-corrected chi connectivity index (χ2v) is 5.19. The summed E-state index contributed by atoms with van der Waals surface area (Å²) in [6, 6.07) is 3.78. The van der Waals surface area contributed by atoms with Crippen LogP contribution in [0.15, 0.2) is 24.5 Å². The van der Waals surface area contributed by atoms with E-state index in [9.17, 15) is 4.79 Å². The second kappa shape index (κ2) is 5.63. The summed E-state index contributed by atoms with van der Waals surface area (Å²) >= 11 is 11.9. The van der Waals surface area contributed by atoms with Crippen LogP contribution in [0.1, 0.15) is 11.1 Å². The first-order valence-corrected chi connectivity index (χ1v) is 6.46. The van der Waals surface area contributed by atoms with Crippen LogP contribution in [-0.4, -0.2) is 15.7 Å². The lowest BCUT2D eigenvalue weighted by molar-refractivity contribution is -0.116. The standard InChI is InChI=1S/C13H13Cl2N3O/c1-8-3-9(2)13(11(15)4-8)17-12(19)7-18-6-10(14)5-16-18/h3-6H,7H2,1-2H3,(H,17,19). The number of nitrogens with zero attached hydrogens (tertiary/aromatic N) is 2. The molecule has 1 N–H and O–H groups in total. The number of anilines is 1. The summed E-state index contributed by atoms with van der Waals surface area (Å²) in [6.07, 6.45) is 3.07. The van der Waals surface area contributed by atoms with Gasteiger partial charge in [0.1, 0.15) is 6.54 Å². The van der Waals surface area contributed by atoms with Crippen LogP contribution >= 0.6 is 23.2 Å². The summed E-state index contributed by atoms with van der Waals surface area (Å²) in [4.78, 5) is 11.9. The summed E-state index contributed by atoms with van der Waals surface area (Å²) < 4.78 is 1.47. The molecule has 2 aromatic rings. The number of benzene rings is 1. The van der Waals surface area contributed by atoms with E-state index < -0.39 is 0 Å². The maximum Gasteiger partial charge on any atom is 0.246 e. The molecule has 2 rings (SSSR count). The first kappa shape index (κ1) is 13.9. The van der Waals surface area contributed by atoms with Gasteiger partial charge in [-0.15, -0.1) is 0 Å². The lowest BCUT2D eigenvalue weighted by Gasteiger charge is -2.11. The summed E-state index contributed by atoms with van der Waals surface area (Å²) in [5, 5.41) is 7.77. The number of aromatic nitrogens is 2. The highest BCUT2D eigenvalue weighted by Gasteiger charge is 2.10. The summed E-state index contributed by atoms with van der Waals surface area (Å²) in [6.45, 7) is 3.95. The van der Waals surface area contributed by atoms with Gasteiger partial charge in [-0.25, -0.2) is 0 Å². The average molecular weight is 298 g/mol. The fraction of sp³-hybridized carbons (Fsp3) is 0.231. The van der Waals surface area contributed by atoms with Crippen molar-refractivity contribution in [3.05, 3.63) is 45.7 Å². The van der Waals surface area contributed by atoms with Crippen LogP contribution in [0.5, 0.6) is 0 Å². The summed E-state index contributed by atoms with van der Waals surface area (Å²) in [7, 11) is 0. The van der Waals surface area contributed by atoms with Crippen molar-refractivity contribution in [3.8, 4) is 0 Å². The minimum atomic E-state index is -0.200.